The number of carbonyl (C=O) groups excluding carboxylic acids is 1. The molecule has 0 saturated carbocycles. The van der Waals surface area contributed by atoms with E-state index in [1.807, 2.05) is 35.2 Å². The molecule has 130 valence electrons. The van der Waals surface area contributed by atoms with Crippen LogP contribution in [0.15, 0.2) is 60.7 Å². The summed E-state index contributed by atoms with van der Waals surface area (Å²) in [6, 6.07) is 17.5. The highest BCUT2D eigenvalue weighted by atomic mass is 35.5. The molecule has 0 unspecified atom stereocenters. The van der Waals surface area contributed by atoms with Crippen LogP contribution in [0.1, 0.15) is 5.56 Å². The zero-order valence-electron chi connectivity index (χ0n) is 14.1. The van der Waals surface area contributed by atoms with Gasteiger partial charge >= 0.3 is 6.03 Å². The summed E-state index contributed by atoms with van der Waals surface area (Å²) in [7, 11) is 0. The molecule has 2 N–H and O–H groups in total. The van der Waals surface area contributed by atoms with Gasteiger partial charge in [-0.15, -0.1) is 0 Å². The Hall–Kier alpha value is -2.30. The van der Waals surface area contributed by atoms with Crippen molar-refractivity contribution in [3.63, 3.8) is 0 Å². The molecule has 1 saturated heterocycles. The first-order valence-electron chi connectivity index (χ1n) is 8.57. The molecule has 2 aromatic carbocycles. The van der Waals surface area contributed by atoms with Crippen LogP contribution in [0.4, 0.5) is 10.5 Å². The lowest BCUT2D eigenvalue weighted by Crippen LogP contribution is -3.14. The van der Waals surface area contributed by atoms with Crippen LogP contribution in [0.5, 0.6) is 0 Å². The maximum absolute atomic E-state index is 12.3. The molecule has 0 aromatic heterocycles. The van der Waals surface area contributed by atoms with Crippen molar-refractivity contribution in [3.05, 3.63) is 71.3 Å². The standard InChI is InChI=1S/C20H22ClN3O/c21-18-8-10-19(11-9-18)22-20(25)24-15-13-23(14-16-24)12-4-7-17-5-2-1-3-6-17/h1-11H,12-16H2,(H,22,25)/p+1/b7-4+. The SMILES string of the molecule is O=C(Nc1ccc(Cl)cc1)N1CC[NH+](C/C=C/c2ccccc2)CC1. The molecule has 1 fully saturated rings. The highest BCUT2D eigenvalue weighted by molar-refractivity contribution is 6.30. The van der Waals surface area contributed by atoms with Crippen LogP contribution in [0.25, 0.3) is 6.08 Å². The van der Waals surface area contributed by atoms with Gasteiger partial charge in [-0.3, -0.25) is 0 Å². The number of nitrogens with zero attached hydrogens (tertiary/aromatic N) is 1. The Morgan fingerprint density at radius 2 is 1.76 bits per heavy atom. The van der Waals surface area contributed by atoms with Crippen molar-refractivity contribution in [2.45, 2.75) is 0 Å². The first kappa shape index (κ1) is 17.5. The lowest BCUT2D eigenvalue weighted by molar-refractivity contribution is -0.898. The fourth-order valence-electron chi connectivity index (χ4n) is 2.89. The Morgan fingerprint density at radius 3 is 2.44 bits per heavy atom. The van der Waals surface area contributed by atoms with E-state index in [2.05, 4.69) is 29.6 Å². The lowest BCUT2D eigenvalue weighted by Gasteiger charge is -2.31. The predicted molar refractivity (Wildman–Crippen MR) is 103 cm³/mol. The van der Waals surface area contributed by atoms with Crippen LogP contribution >= 0.6 is 11.6 Å². The molecule has 0 atom stereocenters. The number of hydrogen-bond donors (Lipinski definition) is 2. The Labute approximate surface area is 153 Å². The highest BCUT2D eigenvalue weighted by Crippen LogP contribution is 2.13. The molecule has 25 heavy (non-hydrogen) atoms. The van der Waals surface area contributed by atoms with Gasteiger partial charge in [-0.1, -0.05) is 48.0 Å². The normalized spacial score (nSPS) is 15.5. The number of anilines is 1. The van der Waals surface area contributed by atoms with E-state index < -0.39 is 0 Å². The van der Waals surface area contributed by atoms with Crippen molar-refractivity contribution in [1.29, 1.82) is 0 Å². The van der Waals surface area contributed by atoms with Crippen LogP contribution in [-0.2, 0) is 0 Å². The lowest BCUT2D eigenvalue weighted by atomic mass is 10.2. The van der Waals surface area contributed by atoms with Gasteiger partial charge in [-0.05, 0) is 35.9 Å². The summed E-state index contributed by atoms with van der Waals surface area (Å²) in [4.78, 5) is 15.7. The van der Waals surface area contributed by atoms with Crippen LogP contribution < -0.4 is 10.2 Å². The van der Waals surface area contributed by atoms with Crippen LogP contribution in [0, 0.1) is 0 Å². The number of rotatable bonds is 4. The number of piperazine rings is 1. The minimum atomic E-state index is -0.0406. The van der Waals surface area contributed by atoms with Gasteiger partial charge < -0.3 is 15.1 Å². The van der Waals surface area contributed by atoms with Gasteiger partial charge in [-0.2, -0.15) is 0 Å². The second kappa shape index (κ2) is 8.70. The average molecular weight is 357 g/mol. The number of urea groups is 1. The predicted octanol–water partition coefficient (Wildman–Crippen LogP) is 2.79. The van der Waals surface area contributed by atoms with E-state index in [1.165, 1.54) is 10.5 Å². The van der Waals surface area contributed by atoms with Crippen LogP contribution in [0.3, 0.4) is 0 Å². The van der Waals surface area contributed by atoms with Gasteiger partial charge in [-0.25, -0.2) is 4.79 Å². The van der Waals surface area contributed by atoms with Gasteiger partial charge in [0.25, 0.3) is 0 Å². The van der Waals surface area contributed by atoms with Crippen molar-refractivity contribution < 1.29 is 9.69 Å². The van der Waals surface area contributed by atoms with E-state index in [0.717, 1.165) is 38.4 Å². The van der Waals surface area contributed by atoms with E-state index in [9.17, 15) is 4.79 Å². The molecule has 0 bridgehead atoms. The molecule has 3 rings (SSSR count). The third-order valence-corrected chi connectivity index (χ3v) is 4.62. The Bertz CT molecular complexity index is 707. The molecule has 4 nitrogen and oxygen atoms in total. The first-order chi connectivity index (χ1) is 12.2. The van der Waals surface area contributed by atoms with Crippen LogP contribution in [-0.4, -0.2) is 43.7 Å². The summed E-state index contributed by atoms with van der Waals surface area (Å²) >= 11 is 5.86. The van der Waals surface area contributed by atoms with E-state index in [0.29, 0.717) is 5.02 Å². The molecule has 0 radical (unpaired) electrons. The number of carbonyl (C=O) groups is 1. The Balaban J connectivity index is 1.42. The average Bonchev–Trinajstić information content (AvgIpc) is 2.65. The van der Waals surface area contributed by atoms with Gasteiger partial charge in [0.05, 0.1) is 32.7 Å². The summed E-state index contributed by atoms with van der Waals surface area (Å²) in [5.41, 5.74) is 2.00. The molecule has 2 amide bonds. The second-order valence-electron chi connectivity index (χ2n) is 6.19. The van der Waals surface area contributed by atoms with Crippen molar-refractivity contribution in [3.8, 4) is 0 Å². The fourth-order valence-corrected chi connectivity index (χ4v) is 3.02. The zero-order valence-corrected chi connectivity index (χ0v) is 14.9. The number of hydrogen-bond acceptors (Lipinski definition) is 1. The molecule has 0 spiro atoms. The molecular formula is C20H23ClN3O+. The van der Waals surface area contributed by atoms with Crippen molar-refractivity contribution >= 4 is 29.4 Å². The van der Waals surface area contributed by atoms with Gasteiger partial charge in [0, 0.05) is 10.7 Å². The monoisotopic (exact) mass is 356 g/mol. The second-order valence-corrected chi connectivity index (χ2v) is 6.63. The summed E-state index contributed by atoms with van der Waals surface area (Å²) < 4.78 is 0. The fraction of sp³-hybridized carbons (Fsp3) is 0.250. The first-order valence-corrected chi connectivity index (χ1v) is 8.95. The minimum absolute atomic E-state index is 0.0406. The van der Waals surface area contributed by atoms with E-state index >= 15 is 0 Å². The van der Waals surface area contributed by atoms with E-state index in [1.54, 1.807) is 12.1 Å². The molecule has 0 aliphatic carbocycles. The van der Waals surface area contributed by atoms with Crippen molar-refractivity contribution in [2.75, 3.05) is 38.0 Å². The number of nitrogens with one attached hydrogen (secondary N) is 2. The maximum atomic E-state index is 12.3. The number of halogens is 1. The molecule has 5 heteroatoms. The Morgan fingerprint density at radius 1 is 1.08 bits per heavy atom. The molecular weight excluding hydrogens is 334 g/mol. The zero-order chi connectivity index (χ0) is 17.5. The molecule has 1 heterocycles. The summed E-state index contributed by atoms with van der Waals surface area (Å²) in [6.07, 6.45) is 4.38. The molecule has 1 aliphatic rings. The number of amides is 2. The Kier molecular flexibility index (Phi) is 6.09. The third-order valence-electron chi connectivity index (χ3n) is 4.37. The van der Waals surface area contributed by atoms with Crippen LogP contribution in [0.2, 0.25) is 5.02 Å². The highest BCUT2D eigenvalue weighted by Gasteiger charge is 2.22. The largest absolute Gasteiger partial charge is 0.329 e. The summed E-state index contributed by atoms with van der Waals surface area (Å²) in [5.74, 6) is 0. The topological polar surface area (TPSA) is 36.8 Å². The van der Waals surface area contributed by atoms with E-state index in [-0.39, 0.29) is 6.03 Å². The maximum Gasteiger partial charge on any atom is 0.322 e. The smallest absolute Gasteiger partial charge is 0.322 e. The number of benzene rings is 2. The van der Waals surface area contributed by atoms with Crippen molar-refractivity contribution in [2.24, 2.45) is 0 Å². The van der Waals surface area contributed by atoms with E-state index in [4.69, 9.17) is 11.6 Å². The van der Waals surface area contributed by atoms with Gasteiger partial charge in [0.1, 0.15) is 0 Å². The third kappa shape index (κ3) is 5.34. The molecule has 1 aliphatic heterocycles. The summed E-state index contributed by atoms with van der Waals surface area (Å²) in [6.45, 7) is 4.46. The number of quaternary nitrogens is 1. The molecule has 2 aromatic rings. The van der Waals surface area contributed by atoms with Crippen molar-refractivity contribution in [1.82, 2.24) is 4.90 Å². The van der Waals surface area contributed by atoms with Gasteiger partial charge in [0.2, 0.25) is 0 Å². The minimum Gasteiger partial charge on any atom is -0.329 e. The quantitative estimate of drug-likeness (QED) is 0.868. The summed E-state index contributed by atoms with van der Waals surface area (Å²) in [5, 5.41) is 3.59. The van der Waals surface area contributed by atoms with Gasteiger partial charge in [0.15, 0.2) is 0 Å².